The van der Waals surface area contributed by atoms with Crippen LogP contribution in [0.3, 0.4) is 0 Å². The zero-order valence-electron chi connectivity index (χ0n) is 12.8. The molecule has 1 aromatic carbocycles. The molecule has 2 unspecified atom stereocenters. The lowest BCUT2D eigenvalue weighted by atomic mass is 9.94. The number of rotatable bonds is 5. The molecule has 2 aromatic rings. The summed E-state index contributed by atoms with van der Waals surface area (Å²) in [6.07, 6.45) is 0. The van der Waals surface area contributed by atoms with E-state index in [0.29, 0.717) is 4.88 Å². The molecule has 0 saturated carbocycles. The van der Waals surface area contributed by atoms with Gasteiger partial charge in [0.25, 0.3) is 5.91 Å². The van der Waals surface area contributed by atoms with Gasteiger partial charge in [-0.2, -0.15) is 0 Å². The maximum absolute atomic E-state index is 12.4. The van der Waals surface area contributed by atoms with Crippen LogP contribution in [-0.4, -0.2) is 17.0 Å². The number of carbonyl (C=O) groups excluding carboxylic acids is 1. The van der Waals surface area contributed by atoms with Crippen molar-refractivity contribution < 1.29 is 14.7 Å². The molecule has 4 nitrogen and oxygen atoms in total. The van der Waals surface area contributed by atoms with Crippen molar-refractivity contribution in [2.24, 2.45) is 5.92 Å². The molecule has 2 rings (SSSR count). The van der Waals surface area contributed by atoms with Crippen LogP contribution in [0.4, 0.5) is 0 Å². The zero-order chi connectivity index (χ0) is 16.3. The topological polar surface area (TPSA) is 66.4 Å². The fraction of sp³-hybridized carbons (Fsp3) is 0.294. The Labute approximate surface area is 133 Å². The maximum atomic E-state index is 12.4. The number of hydrogen-bond donors (Lipinski definition) is 2. The summed E-state index contributed by atoms with van der Waals surface area (Å²) in [6, 6.07) is 10.5. The fourth-order valence-electron chi connectivity index (χ4n) is 2.20. The molecule has 0 fully saturated rings. The summed E-state index contributed by atoms with van der Waals surface area (Å²) < 4.78 is 0. The largest absolute Gasteiger partial charge is 0.481 e. The summed E-state index contributed by atoms with van der Waals surface area (Å²) in [5, 5.41) is 12.2. The minimum Gasteiger partial charge on any atom is -0.481 e. The van der Waals surface area contributed by atoms with E-state index < -0.39 is 17.9 Å². The van der Waals surface area contributed by atoms with Crippen molar-refractivity contribution in [3.63, 3.8) is 0 Å². The van der Waals surface area contributed by atoms with Gasteiger partial charge < -0.3 is 10.4 Å². The van der Waals surface area contributed by atoms with Crippen molar-refractivity contribution in [2.45, 2.75) is 26.8 Å². The van der Waals surface area contributed by atoms with E-state index in [0.717, 1.165) is 16.0 Å². The third kappa shape index (κ3) is 3.54. The van der Waals surface area contributed by atoms with Gasteiger partial charge in [-0.1, -0.05) is 30.3 Å². The molecule has 5 heteroatoms. The van der Waals surface area contributed by atoms with Crippen LogP contribution in [0.5, 0.6) is 0 Å². The fourth-order valence-corrected chi connectivity index (χ4v) is 3.13. The van der Waals surface area contributed by atoms with E-state index in [-0.39, 0.29) is 5.91 Å². The molecule has 0 aliphatic carbocycles. The van der Waals surface area contributed by atoms with E-state index >= 15 is 0 Å². The smallest absolute Gasteiger partial charge is 0.308 e. The average molecular weight is 317 g/mol. The Morgan fingerprint density at radius 1 is 1.18 bits per heavy atom. The van der Waals surface area contributed by atoms with Gasteiger partial charge in [-0.3, -0.25) is 9.59 Å². The molecule has 0 aliphatic rings. The molecule has 1 heterocycles. The summed E-state index contributed by atoms with van der Waals surface area (Å²) >= 11 is 1.42. The molecule has 2 N–H and O–H groups in total. The highest BCUT2D eigenvalue weighted by atomic mass is 32.1. The Morgan fingerprint density at radius 2 is 1.82 bits per heavy atom. The SMILES string of the molecule is Cc1cc(C(=O)NC(c2ccccc2)C(C)C(=O)O)sc1C. The summed E-state index contributed by atoms with van der Waals surface area (Å²) in [5.74, 6) is -1.88. The van der Waals surface area contributed by atoms with Crippen molar-refractivity contribution in [3.05, 3.63) is 57.3 Å². The number of carboxylic acids is 1. The molecule has 116 valence electrons. The molecule has 1 amide bonds. The van der Waals surface area contributed by atoms with Crippen LogP contribution >= 0.6 is 11.3 Å². The van der Waals surface area contributed by atoms with E-state index in [1.807, 2.05) is 50.2 Å². The highest BCUT2D eigenvalue weighted by molar-refractivity contribution is 7.14. The average Bonchev–Trinajstić information content (AvgIpc) is 2.84. The first-order valence-electron chi connectivity index (χ1n) is 7.05. The number of amides is 1. The Kier molecular flexibility index (Phi) is 4.98. The summed E-state index contributed by atoms with van der Waals surface area (Å²) in [4.78, 5) is 25.5. The molecule has 0 spiro atoms. The number of benzene rings is 1. The second kappa shape index (κ2) is 6.75. The van der Waals surface area contributed by atoms with E-state index in [9.17, 15) is 14.7 Å². The molecule has 2 atom stereocenters. The zero-order valence-corrected chi connectivity index (χ0v) is 13.6. The third-order valence-electron chi connectivity index (χ3n) is 3.72. The molecule has 0 bridgehead atoms. The van der Waals surface area contributed by atoms with Gasteiger partial charge in [-0.15, -0.1) is 11.3 Å². The first kappa shape index (κ1) is 16.2. The molecule has 0 radical (unpaired) electrons. The van der Waals surface area contributed by atoms with E-state index in [4.69, 9.17) is 0 Å². The first-order chi connectivity index (χ1) is 10.4. The van der Waals surface area contributed by atoms with Crippen LogP contribution in [0.2, 0.25) is 0 Å². The van der Waals surface area contributed by atoms with Crippen LogP contribution in [0, 0.1) is 19.8 Å². The van der Waals surface area contributed by atoms with Crippen molar-refractivity contribution in [3.8, 4) is 0 Å². The predicted octanol–water partition coefficient (Wildman–Crippen LogP) is 3.56. The highest BCUT2D eigenvalue weighted by Crippen LogP contribution is 2.25. The lowest BCUT2D eigenvalue weighted by Crippen LogP contribution is -2.35. The molecule has 0 aliphatic heterocycles. The summed E-state index contributed by atoms with van der Waals surface area (Å²) in [6.45, 7) is 5.52. The number of hydrogen-bond acceptors (Lipinski definition) is 3. The van der Waals surface area contributed by atoms with Gasteiger partial charge in [-0.25, -0.2) is 0 Å². The third-order valence-corrected chi connectivity index (χ3v) is 4.88. The van der Waals surface area contributed by atoms with Crippen LogP contribution < -0.4 is 5.32 Å². The van der Waals surface area contributed by atoms with Crippen LogP contribution in [0.25, 0.3) is 0 Å². The van der Waals surface area contributed by atoms with Crippen molar-refractivity contribution >= 4 is 23.2 Å². The molecule has 1 aromatic heterocycles. The van der Waals surface area contributed by atoms with Gasteiger partial charge in [0.05, 0.1) is 16.8 Å². The number of carbonyl (C=O) groups is 2. The Hall–Kier alpha value is -2.14. The quantitative estimate of drug-likeness (QED) is 0.886. The van der Waals surface area contributed by atoms with Gasteiger partial charge in [0.15, 0.2) is 0 Å². The lowest BCUT2D eigenvalue weighted by molar-refractivity contribution is -0.142. The number of nitrogens with one attached hydrogen (secondary N) is 1. The van der Waals surface area contributed by atoms with E-state index in [1.54, 1.807) is 6.92 Å². The molecular weight excluding hydrogens is 298 g/mol. The highest BCUT2D eigenvalue weighted by Gasteiger charge is 2.27. The molecule has 0 saturated heterocycles. The van der Waals surface area contributed by atoms with Crippen LogP contribution in [0.15, 0.2) is 36.4 Å². The predicted molar refractivity (Wildman–Crippen MR) is 87.2 cm³/mol. The Balaban J connectivity index is 2.26. The molecular formula is C17H19NO3S. The summed E-state index contributed by atoms with van der Waals surface area (Å²) in [7, 11) is 0. The van der Waals surface area contributed by atoms with Gasteiger partial charge in [0, 0.05) is 4.88 Å². The number of aryl methyl sites for hydroxylation is 2. The lowest BCUT2D eigenvalue weighted by Gasteiger charge is -2.22. The summed E-state index contributed by atoms with van der Waals surface area (Å²) in [5.41, 5.74) is 1.86. The number of carboxylic acid groups (broad SMARTS) is 1. The van der Waals surface area contributed by atoms with Crippen LogP contribution in [-0.2, 0) is 4.79 Å². The van der Waals surface area contributed by atoms with Gasteiger partial charge in [0.1, 0.15) is 0 Å². The van der Waals surface area contributed by atoms with Gasteiger partial charge in [0.2, 0.25) is 0 Å². The molecule has 22 heavy (non-hydrogen) atoms. The standard InChI is InChI=1S/C17H19NO3S/c1-10-9-14(22-12(10)3)16(19)18-15(11(2)17(20)21)13-7-5-4-6-8-13/h4-9,11,15H,1-3H3,(H,18,19)(H,20,21). The van der Waals surface area contributed by atoms with E-state index in [2.05, 4.69) is 5.32 Å². The van der Waals surface area contributed by atoms with Gasteiger partial charge in [-0.05, 0) is 38.0 Å². The maximum Gasteiger partial charge on any atom is 0.308 e. The normalized spacial score (nSPS) is 13.4. The first-order valence-corrected chi connectivity index (χ1v) is 7.87. The van der Waals surface area contributed by atoms with E-state index in [1.165, 1.54) is 11.3 Å². The second-order valence-electron chi connectivity index (χ2n) is 5.34. The Morgan fingerprint density at radius 3 is 2.32 bits per heavy atom. The van der Waals surface area contributed by atoms with Crippen molar-refractivity contribution in [1.29, 1.82) is 0 Å². The van der Waals surface area contributed by atoms with Gasteiger partial charge >= 0.3 is 5.97 Å². The second-order valence-corrected chi connectivity index (χ2v) is 6.59. The minimum absolute atomic E-state index is 0.233. The van der Waals surface area contributed by atoms with Crippen LogP contribution in [0.1, 0.15) is 38.6 Å². The number of aliphatic carboxylic acids is 1. The van der Waals surface area contributed by atoms with Crippen molar-refractivity contribution in [1.82, 2.24) is 5.32 Å². The Bertz CT molecular complexity index is 659. The monoisotopic (exact) mass is 317 g/mol. The van der Waals surface area contributed by atoms with Crippen molar-refractivity contribution in [2.75, 3.05) is 0 Å². The number of thiophene rings is 1. The minimum atomic E-state index is -0.937.